The Balaban J connectivity index is 2.03. The van der Waals surface area contributed by atoms with E-state index in [1.165, 1.54) is 5.56 Å². The molecule has 1 aromatic heterocycles. The molecule has 1 heterocycles. The van der Waals surface area contributed by atoms with Crippen molar-refractivity contribution in [2.24, 2.45) is 0 Å². The lowest BCUT2D eigenvalue weighted by Gasteiger charge is -2.11. The zero-order valence-corrected chi connectivity index (χ0v) is 13.3. The molecular weight excluding hydrogens is 280 g/mol. The maximum Gasteiger partial charge on any atom is 0.254 e. The molecule has 5 nitrogen and oxygen atoms in total. The number of aliphatic hydroxyl groups excluding tert-OH is 1. The van der Waals surface area contributed by atoms with Crippen molar-refractivity contribution in [2.75, 3.05) is 13.2 Å². The third-order valence-corrected chi connectivity index (χ3v) is 3.78. The van der Waals surface area contributed by atoms with Crippen LogP contribution in [0.3, 0.4) is 0 Å². The van der Waals surface area contributed by atoms with E-state index < -0.39 is 0 Å². The number of benzene rings is 1. The van der Waals surface area contributed by atoms with Crippen LogP contribution in [0.25, 0.3) is 0 Å². The molecule has 0 aliphatic carbocycles. The van der Waals surface area contributed by atoms with Crippen LogP contribution in [0, 0.1) is 20.8 Å². The monoisotopic (exact) mass is 302 g/mol. The Morgan fingerprint density at radius 3 is 2.68 bits per heavy atom. The van der Waals surface area contributed by atoms with E-state index in [1.807, 2.05) is 32.0 Å². The molecule has 0 aliphatic rings. The predicted molar refractivity (Wildman–Crippen MR) is 85.5 cm³/mol. The third-order valence-electron chi connectivity index (χ3n) is 3.78. The molecule has 0 atom stereocenters. The second-order valence-electron chi connectivity index (χ2n) is 5.35. The molecule has 0 radical (unpaired) electrons. The Hall–Kier alpha value is -2.14. The fraction of sp³-hybridized carbons (Fsp3) is 0.412. The van der Waals surface area contributed by atoms with E-state index in [4.69, 9.17) is 9.84 Å². The van der Waals surface area contributed by atoms with Gasteiger partial charge in [0.05, 0.1) is 6.61 Å². The number of nitrogens with one attached hydrogen (secondary N) is 1. The summed E-state index contributed by atoms with van der Waals surface area (Å²) in [4.78, 5) is 19.1. The highest BCUT2D eigenvalue weighted by Gasteiger charge is 2.08. The van der Waals surface area contributed by atoms with E-state index in [-0.39, 0.29) is 12.2 Å². The van der Waals surface area contributed by atoms with Crippen LogP contribution < -0.4 is 10.3 Å². The number of ether oxygens (including phenoxy) is 1. The lowest BCUT2D eigenvalue weighted by Crippen LogP contribution is -2.21. The number of H-pyrrole nitrogens is 1. The number of nitrogens with zero attached hydrogens (tertiary/aromatic N) is 1. The van der Waals surface area contributed by atoms with Gasteiger partial charge in [0.2, 0.25) is 0 Å². The minimum Gasteiger partial charge on any atom is -0.493 e. The van der Waals surface area contributed by atoms with Gasteiger partial charge >= 0.3 is 0 Å². The SMILES string of the molecule is Cc1cccc(OCCc2nc(C)c(CCO)c(=O)[nH]2)c1C. The van der Waals surface area contributed by atoms with Crippen molar-refractivity contribution >= 4 is 0 Å². The second kappa shape index (κ2) is 7.22. The van der Waals surface area contributed by atoms with E-state index in [9.17, 15) is 4.79 Å². The van der Waals surface area contributed by atoms with Crippen LogP contribution in [0.5, 0.6) is 5.75 Å². The fourth-order valence-electron chi connectivity index (χ4n) is 2.33. The maximum absolute atomic E-state index is 11.9. The fourth-order valence-corrected chi connectivity index (χ4v) is 2.33. The van der Waals surface area contributed by atoms with Gasteiger partial charge in [-0.05, 0) is 38.0 Å². The quantitative estimate of drug-likeness (QED) is 0.854. The lowest BCUT2D eigenvalue weighted by atomic mass is 10.1. The summed E-state index contributed by atoms with van der Waals surface area (Å²) in [6.07, 6.45) is 0.857. The Morgan fingerprint density at radius 1 is 1.23 bits per heavy atom. The first kappa shape index (κ1) is 16.2. The molecule has 0 unspecified atom stereocenters. The Kier molecular flexibility index (Phi) is 5.33. The number of aromatic amines is 1. The highest BCUT2D eigenvalue weighted by Crippen LogP contribution is 2.20. The zero-order valence-electron chi connectivity index (χ0n) is 13.3. The van der Waals surface area contributed by atoms with Crippen LogP contribution in [-0.4, -0.2) is 28.3 Å². The molecule has 1 aromatic carbocycles. The van der Waals surface area contributed by atoms with E-state index in [2.05, 4.69) is 9.97 Å². The van der Waals surface area contributed by atoms with Crippen LogP contribution in [-0.2, 0) is 12.8 Å². The molecule has 2 aromatic rings. The molecule has 2 rings (SSSR count). The number of aromatic nitrogens is 2. The Bertz CT molecular complexity index is 708. The number of rotatable bonds is 6. The van der Waals surface area contributed by atoms with E-state index in [0.717, 1.165) is 11.3 Å². The molecule has 5 heteroatoms. The van der Waals surface area contributed by atoms with Crippen LogP contribution in [0.2, 0.25) is 0 Å². The summed E-state index contributed by atoms with van der Waals surface area (Å²) < 4.78 is 5.78. The average molecular weight is 302 g/mol. The molecule has 0 saturated heterocycles. The Morgan fingerprint density at radius 2 is 2.00 bits per heavy atom. The van der Waals surface area contributed by atoms with Crippen molar-refractivity contribution in [3.63, 3.8) is 0 Å². The van der Waals surface area contributed by atoms with Gasteiger partial charge in [0, 0.05) is 30.7 Å². The minimum absolute atomic E-state index is 0.0549. The minimum atomic E-state index is -0.178. The molecule has 0 aliphatic heterocycles. The first-order valence-electron chi connectivity index (χ1n) is 7.41. The normalized spacial score (nSPS) is 10.7. The van der Waals surface area contributed by atoms with E-state index >= 15 is 0 Å². The summed E-state index contributed by atoms with van der Waals surface area (Å²) in [5.74, 6) is 1.46. The lowest BCUT2D eigenvalue weighted by molar-refractivity contribution is 0.298. The standard InChI is InChI=1S/C17H22N2O3/c1-11-5-4-6-15(12(11)2)22-10-8-16-18-13(3)14(7-9-20)17(21)19-16/h4-6,20H,7-10H2,1-3H3,(H,18,19,21). The van der Waals surface area contributed by atoms with Crippen molar-refractivity contribution in [3.05, 3.63) is 56.8 Å². The molecule has 0 saturated carbocycles. The van der Waals surface area contributed by atoms with Crippen LogP contribution in [0.15, 0.2) is 23.0 Å². The van der Waals surface area contributed by atoms with Gasteiger partial charge in [0.25, 0.3) is 5.56 Å². The van der Waals surface area contributed by atoms with Gasteiger partial charge in [-0.1, -0.05) is 12.1 Å². The van der Waals surface area contributed by atoms with Crippen molar-refractivity contribution < 1.29 is 9.84 Å². The Labute approximate surface area is 130 Å². The summed E-state index contributed by atoms with van der Waals surface area (Å²) in [5.41, 5.74) is 3.34. The highest BCUT2D eigenvalue weighted by atomic mass is 16.5. The van der Waals surface area contributed by atoms with Crippen molar-refractivity contribution in [1.82, 2.24) is 9.97 Å². The van der Waals surface area contributed by atoms with E-state index in [1.54, 1.807) is 6.92 Å². The molecule has 22 heavy (non-hydrogen) atoms. The summed E-state index contributed by atoms with van der Waals surface area (Å²) in [6, 6.07) is 5.95. The van der Waals surface area contributed by atoms with E-state index in [0.29, 0.717) is 36.5 Å². The van der Waals surface area contributed by atoms with Gasteiger partial charge in [-0.15, -0.1) is 0 Å². The summed E-state index contributed by atoms with van der Waals surface area (Å²) in [7, 11) is 0. The van der Waals surface area contributed by atoms with Gasteiger partial charge in [-0.2, -0.15) is 0 Å². The predicted octanol–water partition coefficient (Wildman–Crippen LogP) is 1.85. The number of aliphatic hydroxyl groups is 1. The van der Waals surface area contributed by atoms with Gasteiger partial charge in [0.15, 0.2) is 0 Å². The maximum atomic E-state index is 11.9. The van der Waals surface area contributed by atoms with Crippen LogP contribution in [0.1, 0.15) is 28.2 Å². The smallest absolute Gasteiger partial charge is 0.254 e. The first-order chi connectivity index (χ1) is 10.5. The second-order valence-corrected chi connectivity index (χ2v) is 5.35. The topological polar surface area (TPSA) is 75.2 Å². The van der Waals surface area contributed by atoms with Crippen LogP contribution in [0.4, 0.5) is 0 Å². The number of hydrogen-bond donors (Lipinski definition) is 2. The molecular formula is C17H22N2O3. The first-order valence-corrected chi connectivity index (χ1v) is 7.41. The molecule has 0 bridgehead atoms. The molecule has 0 fully saturated rings. The number of aryl methyl sites for hydroxylation is 2. The third kappa shape index (κ3) is 3.74. The zero-order chi connectivity index (χ0) is 16.1. The van der Waals surface area contributed by atoms with Crippen molar-refractivity contribution in [3.8, 4) is 5.75 Å². The average Bonchev–Trinajstić information content (AvgIpc) is 2.47. The van der Waals surface area contributed by atoms with Gasteiger partial charge in [-0.25, -0.2) is 4.98 Å². The van der Waals surface area contributed by atoms with Gasteiger partial charge in [0.1, 0.15) is 11.6 Å². The summed E-state index contributed by atoms with van der Waals surface area (Å²) in [6.45, 7) is 6.26. The van der Waals surface area contributed by atoms with Crippen molar-refractivity contribution in [1.29, 1.82) is 0 Å². The highest BCUT2D eigenvalue weighted by molar-refractivity contribution is 5.38. The molecule has 2 N–H and O–H groups in total. The summed E-state index contributed by atoms with van der Waals surface area (Å²) in [5, 5.41) is 8.95. The molecule has 118 valence electrons. The van der Waals surface area contributed by atoms with Gasteiger partial charge < -0.3 is 14.8 Å². The van der Waals surface area contributed by atoms with Gasteiger partial charge in [-0.3, -0.25) is 4.79 Å². The van der Waals surface area contributed by atoms with Crippen molar-refractivity contribution in [2.45, 2.75) is 33.6 Å². The molecule has 0 amide bonds. The number of hydrogen-bond acceptors (Lipinski definition) is 4. The largest absolute Gasteiger partial charge is 0.493 e. The summed E-state index contributed by atoms with van der Waals surface area (Å²) >= 11 is 0. The molecule has 0 spiro atoms. The van der Waals surface area contributed by atoms with Crippen LogP contribution >= 0.6 is 0 Å².